The van der Waals surface area contributed by atoms with Gasteiger partial charge in [-0.15, -0.1) is 0 Å². The van der Waals surface area contributed by atoms with Crippen LogP contribution in [0.5, 0.6) is 11.5 Å². The highest BCUT2D eigenvalue weighted by atomic mass is 35.5. The van der Waals surface area contributed by atoms with Gasteiger partial charge >= 0.3 is 18.6 Å². The van der Waals surface area contributed by atoms with Crippen molar-refractivity contribution in [2.24, 2.45) is 5.92 Å². The number of hydrogen-bond acceptors (Lipinski definition) is 7. The molecule has 0 radical (unpaired) electrons. The molecule has 0 saturated heterocycles. The number of hydrogen-bond donors (Lipinski definition) is 0. The summed E-state index contributed by atoms with van der Waals surface area (Å²) in [4.78, 5) is 28.9. The van der Waals surface area contributed by atoms with Crippen LogP contribution in [0.3, 0.4) is 0 Å². The van der Waals surface area contributed by atoms with Gasteiger partial charge < -0.3 is 18.9 Å². The lowest BCUT2D eigenvalue weighted by molar-refractivity contribution is -0.153. The van der Waals surface area contributed by atoms with Crippen molar-refractivity contribution in [2.45, 2.75) is 32.0 Å². The molecule has 38 heavy (non-hydrogen) atoms. The van der Waals surface area contributed by atoms with E-state index in [1.165, 1.54) is 30.6 Å². The second-order valence-electron chi connectivity index (χ2n) is 8.55. The smallest absolute Gasteiger partial charge is 0.387 e. The zero-order chi connectivity index (χ0) is 27.1. The average Bonchev–Trinajstić information content (AvgIpc) is 3.73. The summed E-state index contributed by atoms with van der Waals surface area (Å²) in [6.07, 6.45) is 3.81. The summed E-state index contributed by atoms with van der Waals surface area (Å²) in [5.74, 6) is -1.25. The van der Waals surface area contributed by atoms with E-state index in [1.54, 1.807) is 30.3 Å². The molecule has 1 aliphatic rings. The summed E-state index contributed by atoms with van der Waals surface area (Å²) in [5, 5.41) is 0.494. The summed E-state index contributed by atoms with van der Waals surface area (Å²) < 4.78 is 47.0. The zero-order valence-electron chi connectivity index (χ0n) is 19.9. The van der Waals surface area contributed by atoms with Crippen molar-refractivity contribution in [3.63, 3.8) is 0 Å². The number of esters is 2. The van der Waals surface area contributed by atoms with E-state index in [9.17, 15) is 18.4 Å². The summed E-state index contributed by atoms with van der Waals surface area (Å²) in [6.45, 7) is -3.36. The lowest BCUT2D eigenvalue weighted by Crippen LogP contribution is -2.20. The standard InChI is InChI=1S/C27H23Cl2F2NO6/c28-20-12-32-13-21(29)19(20)11-23(37-25(33)15-36-26(34)17-4-2-1-3-5-17)18-8-9-22(38-27(30)31)24(10-18)35-14-16-6-7-16/h1-5,8-10,12-13,16,23,27H,6-7,11,14-15H2/t23-/m0/s1. The first-order chi connectivity index (χ1) is 18.3. The molecule has 3 aromatic rings. The third-order valence-electron chi connectivity index (χ3n) is 5.67. The minimum absolute atomic E-state index is 0.0235. The summed E-state index contributed by atoms with van der Waals surface area (Å²) >= 11 is 12.6. The Bertz CT molecular complexity index is 1250. The first-order valence-corrected chi connectivity index (χ1v) is 12.5. The summed E-state index contributed by atoms with van der Waals surface area (Å²) in [5.41, 5.74) is 1.14. The van der Waals surface area contributed by atoms with E-state index in [4.69, 9.17) is 37.4 Å². The Hall–Kier alpha value is -3.43. The third-order valence-corrected chi connectivity index (χ3v) is 6.32. The summed E-state index contributed by atoms with van der Waals surface area (Å²) in [6, 6.07) is 12.4. The van der Waals surface area contributed by atoms with Crippen molar-refractivity contribution < 1.29 is 37.3 Å². The van der Waals surface area contributed by atoms with Gasteiger partial charge in [0.05, 0.1) is 22.2 Å². The van der Waals surface area contributed by atoms with E-state index in [0.717, 1.165) is 12.8 Å². The van der Waals surface area contributed by atoms with Crippen LogP contribution in [0, 0.1) is 5.92 Å². The number of benzene rings is 2. The summed E-state index contributed by atoms with van der Waals surface area (Å²) in [7, 11) is 0. The molecule has 1 heterocycles. The molecular weight excluding hydrogens is 543 g/mol. The van der Waals surface area contributed by atoms with Gasteiger partial charge in [0.15, 0.2) is 18.1 Å². The Labute approximate surface area is 227 Å². The van der Waals surface area contributed by atoms with Crippen molar-refractivity contribution in [1.82, 2.24) is 4.98 Å². The van der Waals surface area contributed by atoms with Gasteiger partial charge in [-0.05, 0) is 54.2 Å². The molecule has 0 N–H and O–H groups in total. The molecule has 0 bridgehead atoms. The third kappa shape index (κ3) is 7.79. The molecule has 1 atom stereocenters. The number of nitrogens with zero attached hydrogens (tertiary/aromatic N) is 1. The molecule has 7 nitrogen and oxygen atoms in total. The van der Waals surface area contributed by atoms with Crippen LogP contribution in [0.2, 0.25) is 10.0 Å². The zero-order valence-corrected chi connectivity index (χ0v) is 21.5. The van der Waals surface area contributed by atoms with E-state index in [2.05, 4.69) is 9.72 Å². The van der Waals surface area contributed by atoms with Crippen LogP contribution in [0.4, 0.5) is 8.78 Å². The first kappa shape index (κ1) is 27.6. The predicted molar refractivity (Wildman–Crippen MR) is 135 cm³/mol. The van der Waals surface area contributed by atoms with Crippen molar-refractivity contribution in [2.75, 3.05) is 13.2 Å². The second-order valence-corrected chi connectivity index (χ2v) is 9.36. The number of halogens is 4. The Morgan fingerprint density at radius 2 is 1.71 bits per heavy atom. The highest BCUT2D eigenvalue weighted by Gasteiger charge is 2.26. The quantitative estimate of drug-likeness (QED) is 0.233. The fourth-order valence-electron chi connectivity index (χ4n) is 3.54. The number of ether oxygens (including phenoxy) is 4. The number of aromatic nitrogens is 1. The minimum Gasteiger partial charge on any atom is -0.489 e. The second kappa shape index (κ2) is 12.9. The SMILES string of the molecule is O=C(COC(=O)c1ccccc1)O[C@@H](Cc1c(Cl)cncc1Cl)c1ccc(OC(F)F)c(OCC2CC2)c1. The van der Waals surface area contributed by atoms with E-state index in [0.29, 0.717) is 23.7 Å². The molecule has 2 aromatic carbocycles. The van der Waals surface area contributed by atoms with E-state index >= 15 is 0 Å². The van der Waals surface area contributed by atoms with Crippen LogP contribution in [0.25, 0.3) is 0 Å². The van der Waals surface area contributed by atoms with Gasteiger partial charge in [-0.3, -0.25) is 4.98 Å². The Kier molecular flexibility index (Phi) is 9.36. The van der Waals surface area contributed by atoms with Gasteiger partial charge in [-0.2, -0.15) is 8.78 Å². The van der Waals surface area contributed by atoms with Crippen LogP contribution in [-0.4, -0.2) is 36.7 Å². The topological polar surface area (TPSA) is 84.0 Å². The van der Waals surface area contributed by atoms with E-state index in [-0.39, 0.29) is 33.5 Å². The normalized spacial score (nSPS) is 13.6. The lowest BCUT2D eigenvalue weighted by Gasteiger charge is -2.21. The number of carbonyl (C=O) groups is 2. The van der Waals surface area contributed by atoms with Crippen LogP contribution in [0.15, 0.2) is 60.9 Å². The van der Waals surface area contributed by atoms with E-state index < -0.39 is 31.3 Å². The molecule has 200 valence electrons. The highest BCUT2D eigenvalue weighted by molar-refractivity contribution is 6.35. The maximum absolute atomic E-state index is 13.0. The largest absolute Gasteiger partial charge is 0.489 e. The maximum atomic E-state index is 13.0. The number of carbonyl (C=O) groups excluding carboxylic acids is 2. The number of alkyl halides is 2. The van der Waals surface area contributed by atoms with Crippen LogP contribution < -0.4 is 9.47 Å². The van der Waals surface area contributed by atoms with Gasteiger partial charge in [0.2, 0.25) is 0 Å². The van der Waals surface area contributed by atoms with Crippen molar-refractivity contribution >= 4 is 35.1 Å². The molecule has 1 aliphatic carbocycles. The van der Waals surface area contributed by atoms with Gasteiger partial charge in [0, 0.05) is 18.8 Å². The number of pyridine rings is 1. The molecular formula is C27H23Cl2F2NO6. The molecule has 0 amide bonds. The van der Waals surface area contributed by atoms with Gasteiger partial charge in [-0.25, -0.2) is 9.59 Å². The average molecular weight is 566 g/mol. The van der Waals surface area contributed by atoms with Gasteiger partial charge in [-0.1, -0.05) is 47.5 Å². The molecule has 4 rings (SSSR count). The number of rotatable bonds is 12. The highest BCUT2D eigenvalue weighted by Crippen LogP contribution is 2.37. The Morgan fingerprint density at radius 3 is 2.37 bits per heavy atom. The van der Waals surface area contributed by atoms with Crippen molar-refractivity contribution in [1.29, 1.82) is 0 Å². The molecule has 0 spiro atoms. The molecule has 11 heteroatoms. The van der Waals surface area contributed by atoms with Gasteiger partial charge in [0.1, 0.15) is 6.10 Å². The fraction of sp³-hybridized carbons (Fsp3) is 0.296. The molecule has 1 aromatic heterocycles. The molecule has 1 saturated carbocycles. The van der Waals surface area contributed by atoms with Crippen LogP contribution in [-0.2, 0) is 20.7 Å². The minimum atomic E-state index is -3.05. The Morgan fingerprint density at radius 1 is 1.00 bits per heavy atom. The fourth-order valence-corrected chi connectivity index (χ4v) is 4.06. The Balaban J connectivity index is 1.56. The first-order valence-electron chi connectivity index (χ1n) is 11.7. The maximum Gasteiger partial charge on any atom is 0.387 e. The molecule has 0 aliphatic heterocycles. The van der Waals surface area contributed by atoms with Crippen molar-refractivity contribution in [3.8, 4) is 11.5 Å². The molecule has 1 fully saturated rings. The van der Waals surface area contributed by atoms with Crippen LogP contribution in [0.1, 0.15) is 40.4 Å². The van der Waals surface area contributed by atoms with Crippen LogP contribution >= 0.6 is 23.2 Å². The van der Waals surface area contributed by atoms with Gasteiger partial charge in [0.25, 0.3) is 0 Å². The lowest BCUT2D eigenvalue weighted by atomic mass is 10.0. The van der Waals surface area contributed by atoms with Crippen molar-refractivity contribution in [3.05, 3.63) is 87.7 Å². The van der Waals surface area contributed by atoms with E-state index in [1.807, 2.05) is 0 Å². The molecule has 0 unspecified atom stereocenters. The monoisotopic (exact) mass is 565 g/mol. The predicted octanol–water partition coefficient (Wildman–Crippen LogP) is 6.46.